The highest BCUT2D eigenvalue weighted by Gasteiger charge is 2.01. The lowest BCUT2D eigenvalue weighted by Crippen LogP contribution is -2.31. The van der Waals surface area contributed by atoms with Crippen LogP contribution in [0.4, 0.5) is 0 Å². The molecule has 0 aliphatic rings. The summed E-state index contributed by atoms with van der Waals surface area (Å²) >= 11 is 0. The SMILES string of the molecule is CCS(=O)CCNC(=O)COCCN. The predicted octanol–water partition coefficient (Wildman–Crippen LogP) is -1.15. The Bertz CT molecular complexity index is 187. The van der Waals surface area contributed by atoms with E-state index in [1.165, 1.54) is 0 Å². The van der Waals surface area contributed by atoms with Crippen LogP contribution < -0.4 is 11.1 Å². The standard InChI is InChI=1S/C8H18N2O3S/c1-2-14(12)6-4-10-8(11)7-13-5-3-9/h2-7,9H2,1H3,(H,10,11). The van der Waals surface area contributed by atoms with Crippen LogP contribution in [0, 0.1) is 0 Å². The Morgan fingerprint density at radius 2 is 2.29 bits per heavy atom. The molecule has 0 aromatic carbocycles. The number of amides is 1. The first-order valence-corrected chi connectivity index (χ1v) is 6.09. The Labute approximate surface area is 86.8 Å². The van der Waals surface area contributed by atoms with Gasteiger partial charge in [0.05, 0.1) is 6.61 Å². The van der Waals surface area contributed by atoms with Crippen LogP contribution in [0.5, 0.6) is 0 Å². The van der Waals surface area contributed by atoms with Gasteiger partial charge in [0.2, 0.25) is 5.91 Å². The van der Waals surface area contributed by atoms with Gasteiger partial charge in [-0.2, -0.15) is 0 Å². The van der Waals surface area contributed by atoms with Crippen LogP contribution in [0.3, 0.4) is 0 Å². The highest BCUT2D eigenvalue weighted by Crippen LogP contribution is 1.80. The van der Waals surface area contributed by atoms with Crippen LogP contribution in [-0.4, -0.2) is 47.9 Å². The second-order valence-corrected chi connectivity index (χ2v) is 4.49. The molecule has 0 rings (SSSR count). The molecule has 0 aromatic heterocycles. The Morgan fingerprint density at radius 3 is 2.86 bits per heavy atom. The zero-order valence-corrected chi connectivity index (χ0v) is 9.27. The zero-order valence-electron chi connectivity index (χ0n) is 8.45. The van der Waals surface area contributed by atoms with Crippen molar-refractivity contribution in [2.24, 2.45) is 5.73 Å². The average molecular weight is 222 g/mol. The normalized spacial score (nSPS) is 12.4. The molecule has 0 aromatic rings. The van der Waals surface area contributed by atoms with E-state index in [2.05, 4.69) is 5.32 Å². The second-order valence-electron chi connectivity index (χ2n) is 2.62. The number of hydrogen-bond donors (Lipinski definition) is 2. The van der Waals surface area contributed by atoms with Crippen LogP contribution >= 0.6 is 0 Å². The Morgan fingerprint density at radius 1 is 1.57 bits per heavy atom. The lowest BCUT2D eigenvalue weighted by atomic mass is 10.6. The number of rotatable bonds is 8. The maximum Gasteiger partial charge on any atom is 0.246 e. The van der Waals surface area contributed by atoms with E-state index in [0.29, 0.717) is 31.2 Å². The average Bonchev–Trinajstić information content (AvgIpc) is 2.18. The molecule has 1 unspecified atom stereocenters. The van der Waals surface area contributed by atoms with E-state index >= 15 is 0 Å². The minimum absolute atomic E-state index is 0.0238. The summed E-state index contributed by atoms with van der Waals surface area (Å²) in [5, 5.41) is 2.61. The van der Waals surface area contributed by atoms with Crippen LogP contribution in [0.15, 0.2) is 0 Å². The van der Waals surface area contributed by atoms with Gasteiger partial charge in [-0.05, 0) is 0 Å². The summed E-state index contributed by atoms with van der Waals surface area (Å²) in [7, 11) is -0.826. The van der Waals surface area contributed by atoms with E-state index in [0.717, 1.165) is 0 Å². The van der Waals surface area contributed by atoms with Crippen molar-refractivity contribution in [1.29, 1.82) is 0 Å². The second kappa shape index (κ2) is 9.11. The zero-order chi connectivity index (χ0) is 10.8. The van der Waals surface area contributed by atoms with Crippen LogP contribution in [0.1, 0.15) is 6.92 Å². The number of carbonyl (C=O) groups excluding carboxylic acids is 1. The predicted molar refractivity (Wildman–Crippen MR) is 56.4 cm³/mol. The fraction of sp³-hybridized carbons (Fsp3) is 0.875. The van der Waals surface area contributed by atoms with E-state index in [1.807, 2.05) is 6.92 Å². The van der Waals surface area contributed by atoms with Crippen molar-refractivity contribution in [3.63, 3.8) is 0 Å². The molecule has 84 valence electrons. The Hall–Kier alpha value is -0.460. The van der Waals surface area contributed by atoms with Crippen molar-refractivity contribution in [3.05, 3.63) is 0 Å². The van der Waals surface area contributed by atoms with Gasteiger partial charge in [-0.25, -0.2) is 0 Å². The number of hydrogen-bond acceptors (Lipinski definition) is 4. The highest BCUT2D eigenvalue weighted by molar-refractivity contribution is 7.84. The molecule has 0 bridgehead atoms. The number of nitrogens with one attached hydrogen (secondary N) is 1. The molecule has 3 N–H and O–H groups in total. The van der Waals surface area contributed by atoms with E-state index < -0.39 is 10.8 Å². The molecule has 14 heavy (non-hydrogen) atoms. The molecule has 0 radical (unpaired) electrons. The van der Waals surface area contributed by atoms with Crippen molar-refractivity contribution in [1.82, 2.24) is 5.32 Å². The number of ether oxygens (including phenoxy) is 1. The quantitative estimate of drug-likeness (QED) is 0.508. The van der Waals surface area contributed by atoms with Crippen molar-refractivity contribution in [2.75, 3.05) is 37.8 Å². The van der Waals surface area contributed by atoms with Gasteiger partial charge in [0.1, 0.15) is 6.61 Å². The van der Waals surface area contributed by atoms with Crippen LogP contribution in [0.2, 0.25) is 0 Å². The maximum atomic E-state index is 11.0. The lowest BCUT2D eigenvalue weighted by molar-refractivity contribution is -0.125. The van der Waals surface area contributed by atoms with E-state index in [-0.39, 0.29) is 12.5 Å². The lowest BCUT2D eigenvalue weighted by Gasteiger charge is -2.04. The molecule has 6 heteroatoms. The number of carbonyl (C=O) groups is 1. The Kier molecular flexibility index (Phi) is 8.81. The molecule has 1 amide bonds. The third-order valence-electron chi connectivity index (χ3n) is 1.47. The summed E-state index contributed by atoms with van der Waals surface area (Å²) in [5.41, 5.74) is 5.18. The molecule has 0 aliphatic carbocycles. The topological polar surface area (TPSA) is 81.4 Å². The summed E-state index contributed by atoms with van der Waals surface area (Å²) in [5.74, 6) is 0.935. The summed E-state index contributed by atoms with van der Waals surface area (Å²) < 4.78 is 15.9. The van der Waals surface area contributed by atoms with E-state index in [1.54, 1.807) is 0 Å². The van der Waals surface area contributed by atoms with Gasteiger partial charge >= 0.3 is 0 Å². The van der Waals surface area contributed by atoms with Gasteiger partial charge in [0.15, 0.2) is 0 Å². The third-order valence-corrected chi connectivity index (χ3v) is 2.77. The first-order chi connectivity index (χ1) is 6.70. The third kappa shape index (κ3) is 8.15. The molecule has 5 nitrogen and oxygen atoms in total. The molecule has 0 saturated carbocycles. The fourth-order valence-electron chi connectivity index (χ4n) is 0.748. The summed E-state index contributed by atoms with van der Waals surface area (Å²) in [4.78, 5) is 11.0. The first kappa shape index (κ1) is 13.5. The summed E-state index contributed by atoms with van der Waals surface area (Å²) in [6.45, 7) is 3.10. The molecule has 1 atom stereocenters. The number of nitrogens with two attached hydrogens (primary N) is 1. The van der Waals surface area contributed by atoms with Crippen molar-refractivity contribution < 1.29 is 13.7 Å². The molecule has 0 saturated heterocycles. The molecule has 0 spiro atoms. The van der Waals surface area contributed by atoms with Gasteiger partial charge in [0, 0.05) is 35.4 Å². The molecule has 0 aliphatic heterocycles. The van der Waals surface area contributed by atoms with Crippen molar-refractivity contribution in [2.45, 2.75) is 6.92 Å². The van der Waals surface area contributed by atoms with Crippen molar-refractivity contribution >= 4 is 16.7 Å². The molecular formula is C8H18N2O3S. The van der Waals surface area contributed by atoms with Gasteiger partial charge in [-0.1, -0.05) is 6.92 Å². The summed E-state index contributed by atoms with van der Waals surface area (Å²) in [6.07, 6.45) is 0. The smallest absolute Gasteiger partial charge is 0.246 e. The monoisotopic (exact) mass is 222 g/mol. The van der Waals surface area contributed by atoms with Gasteiger partial charge in [-0.15, -0.1) is 0 Å². The summed E-state index contributed by atoms with van der Waals surface area (Å²) in [6, 6.07) is 0. The maximum absolute atomic E-state index is 11.0. The van der Waals surface area contributed by atoms with Crippen LogP contribution in [-0.2, 0) is 20.3 Å². The molecular weight excluding hydrogens is 204 g/mol. The fourth-order valence-corrected chi connectivity index (χ4v) is 1.37. The largest absolute Gasteiger partial charge is 0.370 e. The van der Waals surface area contributed by atoms with E-state index in [9.17, 15) is 9.00 Å². The minimum Gasteiger partial charge on any atom is -0.370 e. The molecule has 0 heterocycles. The van der Waals surface area contributed by atoms with Crippen LogP contribution in [0.25, 0.3) is 0 Å². The van der Waals surface area contributed by atoms with Gasteiger partial charge in [0.25, 0.3) is 0 Å². The Balaban J connectivity index is 3.31. The van der Waals surface area contributed by atoms with Gasteiger partial charge in [-0.3, -0.25) is 9.00 Å². The first-order valence-electron chi connectivity index (χ1n) is 4.60. The van der Waals surface area contributed by atoms with E-state index in [4.69, 9.17) is 10.5 Å². The highest BCUT2D eigenvalue weighted by atomic mass is 32.2. The minimum atomic E-state index is -0.826. The molecule has 0 fully saturated rings. The van der Waals surface area contributed by atoms with Crippen molar-refractivity contribution in [3.8, 4) is 0 Å². The van der Waals surface area contributed by atoms with Gasteiger partial charge < -0.3 is 15.8 Å².